The van der Waals surface area contributed by atoms with E-state index in [0.717, 1.165) is 10.9 Å². The number of hydrogen-bond donors (Lipinski definition) is 1. The Kier molecular flexibility index (Phi) is 4.08. The molecule has 2 rings (SSSR count). The Morgan fingerprint density at radius 3 is 2.83 bits per heavy atom. The van der Waals surface area contributed by atoms with Gasteiger partial charge in [0, 0.05) is 11.8 Å². The summed E-state index contributed by atoms with van der Waals surface area (Å²) >= 11 is 7.39. The third-order valence-electron chi connectivity index (χ3n) is 2.33. The number of pyridine rings is 1. The van der Waals surface area contributed by atoms with Crippen molar-refractivity contribution in [3.63, 3.8) is 0 Å². The lowest BCUT2D eigenvalue weighted by molar-refractivity contribution is 0.557. The van der Waals surface area contributed by atoms with E-state index in [1.165, 1.54) is 0 Å². The van der Waals surface area contributed by atoms with Gasteiger partial charge in [-0.05, 0) is 26.0 Å². The molecule has 5 nitrogen and oxygen atoms in total. The minimum absolute atomic E-state index is 0.231. The molecule has 0 aliphatic rings. The first-order valence-electron chi connectivity index (χ1n) is 5.52. The van der Waals surface area contributed by atoms with Gasteiger partial charge in [0.05, 0.1) is 5.69 Å². The van der Waals surface area contributed by atoms with E-state index >= 15 is 0 Å². The molecule has 96 valence electrons. The van der Waals surface area contributed by atoms with Crippen molar-refractivity contribution in [3.8, 4) is 0 Å². The second kappa shape index (κ2) is 5.58. The van der Waals surface area contributed by atoms with Gasteiger partial charge >= 0.3 is 0 Å². The second-order valence-electron chi connectivity index (χ2n) is 4.04. The van der Waals surface area contributed by atoms with Gasteiger partial charge in [0.15, 0.2) is 5.16 Å². The molecule has 0 amide bonds. The molecule has 0 radical (unpaired) electrons. The van der Waals surface area contributed by atoms with Crippen molar-refractivity contribution < 1.29 is 0 Å². The Balaban J connectivity index is 2.11. The third kappa shape index (κ3) is 2.94. The molecule has 2 aromatic heterocycles. The average molecular weight is 284 g/mol. The maximum Gasteiger partial charge on any atom is 0.222 e. The van der Waals surface area contributed by atoms with E-state index in [1.54, 1.807) is 17.8 Å². The number of nitrogens with zero attached hydrogens (tertiary/aromatic N) is 4. The summed E-state index contributed by atoms with van der Waals surface area (Å²) < 4.78 is 1.90. The molecule has 0 spiro atoms. The number of halogens is 1. The zero-order valence-corrected chi connectivity index (χ0v) is 11.7. The van der Waals surface area contributed by atoms with Crippen molar-refractivity contribution in [3.05, 3.63) is 29.0 Å². The predicted octanol–water partition coefficient (Wildman–Crippen LogP) is 2.78. The summed E-state index contributed by atoms with van der Waals surface area (Å²) in [5.41, 5.74) is 6.68. The topological polar surface area (TPSA) is 69.6 Å². The van der Waals surface area contributed by atoms with Gasteiger partial charge in [-0.15, -0.1) is 10.2 Å². The average Bonchev–Trinajstić information content (AvgIpc) is 2.68. The summed E-state index contributed by atoms with van der Waals surface area (Å²) in [5, 5.41) is 9.25. The molecule has 0 atom stereocenters. The van der Waals surface area contributed by atoms with Crippen LogP contribution in [0.25, 0.3) is 0 Å². The largest absolute Gasteiger partial charge is 0.368 e. The van der Waals surface area contributed by atoms with Gasteiger partial charge in [-0.1, -0.05) is 29.4 Å². The lowest BCUT2D eigenvalue weighted by atomic mass is 10.4. The van der Waals surface area contributed by atoms with Crippen LogP contribution in [-0.2, 0) is 5.75 Å². The Morgan fingerprint density at radius 1 is 1.39 bits per heavy atom. The van der Waals surface area contributed by atoms with Gasteiger partial charge < -0.3 is 5.73 Å². The molecular weight excluding hydrogens is 270 g/mol. The fraction of sp³-hybridized carbons (Fsp3) is 0.364. The normalized spacial score (nSPS) is 11.1. The number of anilines is 1. The zero-order chi connectivity index (χ0) is 13.1. The smallest absolute Gasteiger partial charge is 0.222 e. The van der Waals surface area contributed by atoms with Crippen LogP contribution >= 0.6 is 23.4 Å². The van der Waals surface area contributed by atoms with Crippen LogP contribution in [-0.4, -0.2) is 19.7 Å². The van der Waals surface area contributed by atoms with Crippen LogP contribution in [0.2, 0.25) is 5.15 Å². The highest BCUT2D eigenvalue weighted by molar-refractivity contribution is 7.98. The van der Waals surface area contributed by atoms with Gasteiger partial charge in [0.25, 0.3) is 0 Å². The van der Waals surface area contributed by atoms with Gasteiger partial charge in [-0.2, -0.15) is 0 Å². The van der Waals surface area contributed by atoms with Crippen LogP contribution in [0.15, 0.2) is 23.4 Å². The minimum atomic E-state index is 0.231. The highest BCUT2D eigenvalue weighted by Crippen LogP contribution is 2.25. The summed E-state index contributed by atoms with van der Waals surface area (Å²) in [6.45, 7) is 4.09. The molecular formula is C11H14ClN5S. The molecule has 0 aromatic carbocycles. The van der Waals surface area contributed by atoms with Gasteiger partial charge in [-0.25, -0.2) is 4.98 Å². The zero-order valence-electron chi connectivity index (χ0n) is 10.2. The number of aromatic nitrogens is 4. The summed E-state index contributed by atoms with van der Waals surface area (Å²) in [7, 11) is 0. The van der Waals surface area contributed by atoms with Crippen LogP contribution in [0.1, 0.15) is 25.6 Å². The Hall–Kier alpha value is -1.27. The number of thioether (sulfide) groups is 1. The van der Waals surface area contributed by atoms with E-state index in [-0.39, 0.29) is 6.04 Å². The number of hydrogen-bond acceptors (Lipinski definition) is 5. The summed E-state index contributed by atoms with van der Waals surface area (Å²) in [6.07, 6.45) is 0. The van der Waals surface area contributed by atoms with E-state index in [1.807, 2.05) is 30.5 Å². The molecule has 0 unspecified atom stereocenters. The maximum absolute atomic E-state index is 5.84. The van der Waals surface area contributed by atoms with E-state index in [4.69, 9.17) is 17.3 Å². The van der Waals surface area contributed by atoms with Crippen LogP contribution < -0.4 is 5.73 Å². The minimum Gasteiger partial charge on any atom is -0.368 e. The van der Waals surface area contributed by atoms with Gasteiger partial charge in [-0.3, -0.25) is 4.57 Å². The summed E-state index contributed by atoms with van der Waals surface area (Å²) in [4.78, 5) is 4.23. The molecule has 0 aliphatic heterocycles. The third-order valence-corrected chi connectivity index (χ3v) is 3.52. The number of nitrogen functional groups attached to an aromatic ring is 1. The van der Waals surface area contributed by atoms with Crippen LogP contribution in [0.4, 0.5) is 5.95 Å². The maximum atomic E-state index is 5.84. The van der Waals surface area contributed by atoms with Crippen molar-refractivity contribution in [1.82, 2.24) is 19.7 Å². The van der Waals surface area contributed by atoms with E-state index in [9.17, 15) is 0 Å². The fourth-order valence-electron chi connectivity index (χ4n) is 1.54. The summed E-state index contributed by atoms with van der Waals surface area (Å²) in [5.74, 6) is 1.12. The highest BCUT2D eigenvalue weighted by Gasteiger charge is 2.13. The molecule has 2 heterocycles. The molecule has 0 saturated heterocycles. The van der Waals surface area contributed by atoms with Crippen molar-refractivity contribution in [2.24, 2.45) is 0 Å². The summed E-state index contributed by atoms with van der Waals surface area (Å²) in [6, 6.07) is 5.80. The molecule has 0 fully saturated rings. The SMILES string of the molecule is CC(C)n1c(N)nnc1SCc1cccc(Cl)n1. The Bertz CT molecular complexity index is 540. The fourth-order valence-corrected chi connectivity index (χ4v) is 2.70. The van der Waals surface area contributed by atoms with Crippen molar-refractivity contribution >= 4 is 29.3 Å². The first-order valence-corrected chi connectivity index (χ1v) is 6.89. The molecule has 0 saturated carbocycles. The Morgan fingerprint density at radius 2 is 2.17 bits per heavy atom. The van der Waals surface area contributed by atoms with E-state index < -0.39 is 0 Å². The standard InChI is InChI=1S/C11H14ClN5S/c1-7(2)17-10(13)15-16-11(17)18-6-8-4-3-5-9(12)14-8/h3-5,7H,6H2,1-2H3,(H2,13,15). The highest BCUT2D eigenvalue weighted by atomic mass is 35.5. The van der Waals surface area contributed by atoms with Crippen LogP contribution in [0, 0.1) is 0 Å². The van der Waals surface area contributed by atoms with Crippen molar-refractivity contribution in [2.45, 2.75) is 30.8 Å². The molecule has 2 N–H and O–H groups in total. The monoisotopic (exact) mass is 283 g/mol. The second-order valence-corrected chi connectivity index (χ2v) is 5.37. The van der Waals surface area contributed by atoms with Gasteiger partial charge in [0.1, 0.15) is 5.15 Å². The molecule has 18 heavy (non-hydrogen) atoms. The first kappa shape index (κ1) is 13.2. The first-order chi connectivity index (χ1) is 8.58. The molecule has 2 aromatic rings. The van der Waals surface area contributed by atoms with Gasteiger partial charge in [0.2, 0.25) is 5.95 Å². The van der Waals surface area contributed by atoms with Crippen molar-refractivity contribution in [2.75, 3.05) is 5.73 Å². The Labute approximate surface area is 115 Å². The van der Waals surface area contributed by atoms with Crippen LogP contribution in [0.3, 0.4) is 0 Å². The van der Waals surface area contributed by atoms with Crippen molar-refractivity contribution in [1.29, 1.82) is 0 Å². The number of nitrogens with two attached hydrogens (primary N) is 1. The molecule has 0 bridgehead atoms. The quantitative estimate of drug-likeness (QED) is 0.690. The molecule has 0 aliphatic carbocycles. The van der Waals surface area contributed by atoms with E-state index in [0.29, 0.717) is 16.9 Å². The lowest BCUT2D eigenvalue weighted by Crippen LogP contribution is -2.07. The lowest BCUT2D eigenvalue weighted by Gasteiger charge is -2.10. The predicted molar refractivity (Wildman–Crippen MR) is 73.6 cm³/mol. The number of rotatable bonds is 4. The van der Waals surface area contributed by atoms with E-state index in [2.05, 4.69) is 15.2 Å². The molecule has 7 heteroatoms. The van der Waals surface area contributed by atoms with Crippen LogP contribution in [0.5, 0.6) is 0 Å².